The van der Waals surface area contributed by atoms with Gasteiger partial charge in [-0.2, -0.15) is 0 Å². The van der Waals surface area contributed by atoms with Gasteiger partial charge in [-0.3, -0.25) is 0 Å². The average Bonchev–Trinajstić information content (AvgIpc) is 2.34. The number of rotatable bonds is 7. The Labute approximate surface area is 115 Å². The molecule has 1 N–H and O–H groups in total. The van der Waals surface area contributed by atoms with Gasteiger partial charge in [-0.15, -0.1) is 0 Å². The van der Waals surface area contributed by atoms with Gasteiger partial charge in [0.2, 0.25) is 0 Å². The maximum Gasteiger partial charge on any atom is 0.129 e. The van der Waals surface area contributed by atoms with E-state index in [4.69, 9.17) is 0 Å². The van der Waals surface area contributed by atoms with E-state index in [1.54, 1.807) is 0 Å². The molecule has 1 atom stereocenters. The van der Waals surface area contributed by atoms with E-state index in [2.05, 4.69) is 33.0 Å². The average molecular weight is 269 g/mol. The number of nitrogens with one attached hydrogen (secondary N) is 1. The van der Waals surface area contributed by atoms with Gasteiger partial charge >= 0.3 is 0 Å². The summed E-state index contributed by atoms with van der Waals surface area (Å²) >= 11 is 0. The Kier molecular flexibility index (Phi) is 5.92. The minimum absolute atomic E-state index is 0.155. The van der Waals surface area contributed by atoms with Crippen molar-refractivity contribution >= 4 is 0 Å². The molecule has 0 saturated carbocycles. The number of halogens is 2. The van der Waals surface area contributed by atoms with Crippen molar-refractivity contribution in [1.29, 1.82) is 0 Å². The lowest BCUT2D eigenvalue weighted by Crippen LogP contribution is -2.38. The molecule has 0 bridgehead atoms. The van der Waals surface area contributed by atoms with Crippen molar-refractivity contribution < 1.29 is 8.78 Å². The normalized spacial score (nSPS) is 14.7. The van der Waals surface area contributed by atoms with Crippen molar-refractivity contribution in [2.45, 2.75) is 40.5 Å². The molecule has 0 saturated heterocycles. The quantitative estimate of drug-likeness (QED) is 0.733. The molecule has 0 aliphatic rings. The van der Waals surface area contributed by atoms with E-state index < -0.39 is 11.6 Å². The number of hydrogen-bond acceptors (Lipinski definition) is 1. The second kappa shape index (κ2) is 6.99. The first-order chi connectivity index (χ1) is 8.90. The molecule has 0 heterocycles. The highest BCUT2D eigenvalue weighted by Gasteiger charge is 2.30. The van der Waals surface area contributed by atoms with E-state index in [9.17, 15) is 8.78 Å². The molecule has 0 aromatic heterocycles. The first-order valence-corrected chi connectivity index (χ1v) is 7.04. The maximum absolute atomic E-state index is 13.8. The minimum atomic E-state index is -0.442. The van der Waals surface area contributed by atoms with Gasteiger partial charge in [-0.1, -0.05) is 33.8 Å². The predicted octanol–water partition coefficient (Wildman–Crippen LogP) is 4.17. The first-order valence-electron chi connectivity index (χ1n) is 7.04. The van der Waals surface area contributed by atoms with Crippen molar-refractivity contribution in [3.63, 3.8) is 0 Å². The lowest BCUT2D eigenvalue weighted by atomic mass is 9.74. The zero-order valence-corrected chi connectivity index (χ0v) is 12.4. The summed E-state index contributed by atoms with van der Waals surface area (Å²) in [5, 5.41) is 3.37. The summed E-state index contributed by atoms with van der Waals surface area (Å²) < 4.78 is 27.5. The van der Waals surface area contributed by atoms with Gasteiger partial charge in [-0.05, 0) is 42.9 Å². The summed E-state index contributed by atoms with van der Waals surface area (Å²) in [6, 6.07) is 4.08. The Bertz CT molecular complexity index is 383. The molecule has 3 heteroatoms. The summed E-state index contributed by atoms with van der Waals surface area (Å²) in [6.07, 6.45) is 1.47. The van der Waals surface area contributed by atoms with Crippen molar-refractivity contribution in [1.82, 2.24) is 5.32 Å². The molecule has 0 amide bonds. The van der Waals surface area contributed by atoms with Crippen molar-refractivity contribution in [2.24, 2.45) is 11.3 Å². The summed E-state index contributed by atoms with van der Waals surface area (Å²) in [5.74, 6) is -0.541. The molecule has 1 nitrogen and oxygen atoms in total. The lowest BCUT2D eigenvalue weighted by molar-refractivity contribution is 0.203. The Hall–Kier alpha value is -0.960. The third-order valence-electron chi connectivity index (χ3n) is 3.99. The van der Waals surface area contributed by atoms with Gasteiger partial charge < -0.3 is 5.32 Å². The van der Waals surface area contributed by atoms with E-state index in [0.29, 0.717) is 12.3 Å². The Balaban J connectivity index is 2.89. The molecule has 1 aromatic rings. The lowest BCUT2D eigenvalue weighted by Gasteiger charge is -2.34. The molecule has 1 unspecified atom stereocenters. The van der Waals surface area contributed by atoms with E-state index in [-0.39, 0.29) is 11.0 Å². The Morgan fingerprint density at radius 2 is 1.79 bits per heavy atom. The van der Waals surface area contributed by atoms with Crippen LogP contribution in [0.15, 0.2) is 18.2 Å². The van der Waals surface area contributed by atoms with Crippen LogP contribution in [-0.4, -0.2) is 13.1 Å². The van der Waals surface area contributed by atoms with Crippen LogP contribution in [0.25, 0.3) is 0 Å². The van der Waals surface area contributed by atoms with Crippen LogP contribution in [0.1, 0.15) is 39.7 Å². The maximum atomic E-state index is 13.8. The van der Waals surface area contributed by atoms with Crippen LogP contribution in [0.5, 0.6) is 0 Å². The highest BCUT2D eigenvalue weighted by molar-refractivity contribution is 5.21. The standard InChI is InChI=1S/C16H25F2N/c1-5-9-19-11-16(4,12(2)3)10-13-14(17)7-6-8-15(13)18/h6-8,12,19H,5,9-11H2,1-4H3. The van der Waals surface area contributed by atoms with E-state index >= 15 is 0 Å². The van der Waals surface area contributed by atoms with Crippen LogP contribution in [0.3, 0.4) is 0 Å². The summed E-state index contributed by atoms with van der Waals surface area (Å²) in [5.41, 5.74) is 0.0510. The highest BCUT2D eigenvalue weighted by atomic mass is 19.1. The minimum Gasteiger partial charge on any atom is -0.316 e. The SMILES string of the molecule is CCCNCC(C)(Cc1c(F)cccc1F)C(C)C. The molecule has 0 aliphatic heterocycles. The topological polar surface area (TPSA) is 12.0 Å². The van der Waals surface area contributed by atoms with Crippen LogP contribution in [0.2, 0.25) is 0 Å². The monoisotopic (exact) mass is 269 g/mol. The molecule has 0 fully saturated rings. The fraction of sp³-hybridized carbons (Fsp3) is 0.625. The van der Waals surface area contributed by atoms with E-state index in [1.807, 2.05) is 0 Å². The van der Waals surface area contributed by atoms with Gasteiger partial charge in [0.1, 0.15) is 11.6 Å². The zero-order chi connectivity index (χ0) is 14.5. The molecule has 1 aromatic carbocycles. The fourth-order valence-corrected chi connectivity index (χ4v) is 2.13. The molecule has 108 valence electrons. The zero-order valence-electron chi connectivity index (χ0n) is 12.4. The summed E-state index contributed by atoms with van der Waals surface area (Å²) in [7, 11) is 0. The molecule has 1 rings (SSSR count). The van der Waals surface area contributed by atoms with Crippen LogP contribution < -0.4 is 5.32 Å². The third-order valence-corrected chi connectivity index (χ3v) is 3.99. The molecule has 19 heavy (non-hydrogen) atoms. The smallest absolute Gasteiger partial charge is 0.129 e. The van der Waals surface area contributed by atoms with Gasteiger partial charge in [0.15, 0.2) is 0 Å². The molecule has 0 spiro atoms. The highest BCUT2D eigenvalue weighted by Crippen LogP contribution is 2.32. The van der Waals surface area contributed by atoms with Crippen molar-refractivity contribution in [3.05, 3.63) is 35.4 Å². The second-order valence-electron chi connectivity index (χ2n) is 5.86. The molecule has 0 aliphatic carbocycles. The molecular weight excluding hydrogens is 244 g/mol. The van der Waals surface area contributed by atoms with Crippen LogP contribution in [0, 0.1) is 23.0 Å². The molecule has 0 radical (unpaired) electrons. The fourth-order valence-electron chi connectivity index (χ4n) is 2.13. The third kappa shape index (κ3) is 4.27. The number of hydrogen-bond donors (Lipinski definition) is 1. The molecular formula is C16H25F2N. The van der Waals surface area contributed by atoms with Gasteiger partial charge in [0.05, 0.1) is 0 Å². The number of benzene rings is 1. The second-order valence-corrected chi connectivity index (χ2v) is 5.86. The Morgan fingerprint density at radius 1 is 1.21 bits per heavy atom. The summed E-state index contributed by atoms with van der Waals surface area (Å²) in [6.45, 7) is 10.1. The van der Waals surface area contributed by atoms with Crippen LogP contribution in [0.4, 0.5) is 8.78 Å². The van der Waals surface area contributed by atoms with Crippen molar-refractivity contribution in [2.75, 3.05) is 13.1 Å². The van der Waals surface area contributed by atoms with Crippen LogP contribution in [-0.2, 0) is 6.42 Å². The van der Waals surface area contributed by atoms with Gasteiger partial charge in [0, 0.05) is 12.1 Å². The predicted molar refractivity (Wildman–Crippen MR) is 76.2 cm³/mol. The van der Waals surface area contributed by atoms with Crippen molar-refractivity contribution in [3.8, 4) is 0 Å². The van der Waals surface area contributed by atoms with E-state index in [1.165, 1.54) is 18.2 Å². The van der Waals surface area contributed by atoms with Gasteiger partial charge in [0.25, 0.3) is 0 Å². The van der Waals surface area contributed by atoms with E-state index in [0.717, 1.165) is 19.5 Å². The Morgan fingerprint density at radius 3 is 2.26 bits per heavy atom. The van der Waals surface area contributed by atoms with Gasteiger partial charge in [-0.25, -0.2) is 8.78 Å². The van der Waals surface area contributed by atoms with Crippen LogP contribution >= 0.6 is 0 Å². The summed E-state index contributed by atoms with van der Waals surface area (Å²) in [4.78, 5) is 0. The largest absolute Gasteiger partial charge is 0.316 e. The first kappa shape index (κ1) is 16.1.